The molecule has 0 aromatic carbocycles. The number of fused-ring (bicyclic) bond motifs is 2. The third kappa shape index (κ3) is 0.828. The lowest BCUT2D eigenvalue weighted by atomic mass is 9.93. The molecule has 1 fully saturated rings. The molecule has 2 aliphatic carbocycles. The van der Waals surface area contributed by atoms with Crippen molar-refractivity contribution in [2.75, 3.05) is 0 Å². The fraction of sp³-hybridized carbons (Fsp3) is 0.600. The van der Waals surface area contributed by atoms with Gasteiger partial charge in [0.2, 0.25) is 0 Å². The van der Waals surface area contributed by atoms with Crippen molar-refractivity contribution in [3.8, 4) is 0 Å². The minimum atomic E-state index is 0.875. The Morgan fingerprint density at radius 2 is 2.20 bits per heavy atom. The van der Waals surface area contributed by atoms with Crippen LogP contribution in [0.2, 0.25) is 0 Å². The van der Waals surface area contributed by atoms with Gasteiger partial charge in [0.15, 0.2) is 0 Å². The molecule has 0 spiro atoms. The van der Waals surface area contributed by atoms with Crippen LogP contribution < -0.4 is 0 Å². The van der Waals surface area contributed by atoms with Crippen molar-refractivity contribution in [2.45, 2.75) is 19.8 Å². The molecule has 0 aliphatic heterocycles. The summed E-state index contributed by atoms with van der Waals surface area (Å²) in [5, 5.41) is 0. The zero-order chi connectivity index (χ0) is 6.97. The van der Waals surface area contributed by atoms with E-state index < -0.39 is 0 Å². The molecule has 0 heterocycles. The van der Waals surface area contributed by atoms with Crippen LogP contribution in [0, 0.1) is 17.8 Å². The highest BCUT2D eigenvalue weighted by molar-refractivity contribution is 5.13. The van der Waals surface area contributed by atoms with Crippen molar-refractivity contribution < 1.29 is 0 Å². The molecule has 10 heavy (non-hydrogen) atoms. The van der Waals surface area contributed by atoms with E-state index in [1.807, 2.05) is 0 Å². The molecule has 0 aromatic rings. The van der Waals surface area contributed by atoms with E-state index in [1.165, 1.54) is 12.8 Å². The highest BCUT2D eigenvalue weighted by Crippen LogP contribution is 2.43. The molecule has 0 amide bonds. The summed E-state index contributed by atoms with van der Waals surface area (Å²) in [6, 6.07) is 0. The van der Waals surface area contributed by atoms with E-state index in [1.54, 1.807) is 0 Å². The predicted octanol–water partition coefficient (Wildman–Crippen LogP) is 2.77. The molecule has 0 nitrogen and oxygen atoms in total. The average molecular weight is 134 g/mol. The van der Waals surface area contributed by atoms with Crippen molar-refractivity contribution in [2.24, 2.45) is 17.8 Å². The van der Waals surface area contributed by atoms with Gasteiger partial charge in [-0.1, -0.05) is 24.3 Å². The van der Waals surface area contributed by atoms with E-state index in [2.05, 4.69) is 31.2 Å². The fourth-order valence-corrected chi connectivity index (χ4v) is 2.29. The van der Waals surface area contributed by atoms with Crippen LogP contribution in [-0.2, 0) is 0 Å². The lowest BCUT2D eigenvalue weighted by molar-refractivity contribution is 0.549. The highest BCUT2D eigenvalue weighted by atomic mass is 14.4. The summed E-state index contributed by atoms with van der Waals surface area (Å²) in [4.78, 5) is 0. The van der Waals surface area contributed by atoms with Gasteiger partial charge in [0.1, 0.15) is 0 Å². The van der Waals surface area contributed by atoms with Crippen LogP contribution in [0.3, 0.4) is 0 Å². The van der Waals surface area contributed by atoms with Gasteiger partial charge in [-0.15, -0.1) is 0 Å². The quantitative estimate of drug-likeness (QED) is 0.484. The van der Waals surface area contributed by atoms with Crippen molar-refractivity contribution in [1.82, 2.24) is 0 Å². The van der Waals surface area contributed by atoms with E-state index >= 15 is 0 Å². The molecule has 2 aliphatic rings. The number of hydrogen-bond donors (Lipinski definition) is 0. The molecular weight excluding hydrogens is 120 g/mol. The summed E-state index contributed by atoms with van der Waals surface area (Å²) in [6.45, 7) is 2.12. The predicted molar refractivity (Wildman–Crippen MR) is 43.7 cm³/mol. The summed E-state index contributed by atoms with van der Waals surface area (Å²) in [6.07, 6.45) is 12.2. The van der Waals surface area contributed by atoms with Gasteiger partial charge >= 0.3 is 0 Å². The van der Waals surface area contributed by atoms with Crippen LogP contribution in [0.25, 0.3) is 0 Å². The van der Waals surface area contributed by atoms with Crippen LogP contribution in [-0.4, -0.2) is 0 Å². The van der Waals surface area contributed by atoms with E-state index in [0.29, 0.717) is 0 Å². The molecule has 0 radical (unpaired) electrons. The summed E-state index contributed by atoms with van der Waals surface area (Å²) < 4.78 is 0. The zero-order valence-corrected chi connectivity index (χ0v) is 6.46. The van der Waals surface area contributed by atoms with Crippen LogP contribution >= 0.6 is 0 Å². The second-order valence-electron chi connectivity index (χ2n) is 3.47. The van der Waals surface area contributed by atoms with Crippen molar-refractivity contribution in [1.29, 1.82) is 0 Å². The zero-order valence-electron chi connectivity index (χ0n) is 6.46. The molecule has 0 N–H and O–H groups in total. The summed E-state index contributed by atoms with van der Waals surface area (Å²) in [5.74, 6) is 2.69. The smallest absolute Gasteiger partial charge is 0.0165 e. The summed E-state index contributed by atoms with van der Waals surface area (Å²) >= 11 is 0. The molecule has 0 saturated heterocycles. The van der Waals surface area contributed by atoms with Gasteiger partial charge in [0, 0.05) is 0 Å². The standard InChI is InChI=1S/C10H14/c1-2-3-9-6-8-4-5-10(9)7-8/h2-5,8-10H,6-7H2,1H3. The Morgan fingerprint density at radius 1 is 1.30 bits per heavy atom. The maximum Gasteiger partial charge on any atom is -0.0165 e. The van der Waals surface area contributed by atoms with Gasteiger partial charge in [0.05, 0.1) is 0 Å². The highest BCUT2D eigenvalue weighted by Gasteiger charge is 2.33. The Kier molecular flexibility index (Phi) is 1.40. The molecule has 2 rings (SSSR count). The number of hydrogen-bond acceptors (Lipinski definition) is 0. The Balaban J connectivity index is 2.09. The average Bonchev–Trinajstić information content (AvgIpc) is 2.48. The molecule has 54 valence electrons. The Morgan fingerprint density at radius 3 is 2.70 bits per heavy atom. The second-order valence-corrected chi connectivity index (χ2v) is 3.47. The van der Waals surface area contributed by atoms with Crippen molar-refractivity contribution in [3.63, 3.8) is 0 Å². The molecule has 2 bridgehead atoms. The van der Waals surface area contributed by atoms with E-state index in [0.717, 1.165) is 17.8 Å². The SMILES string of the molecule is CC=CC1CC2C=CC1C2. The Labute approximate surface area is 62.6 Å². The molecule has 0 aromatic heterocycles. The summed E-state index contributed by atoms with van der Waals surface area (Å²) in [5.41, 5.74) is 0. The third-order valence-corrected chi connectivity index (χ3v) is 2.77. The van der Waals surface area contributed by atoms with Gasteiger partial charge in [-0.3, -0.25) is 0 Å². The molecule has 0 heteroatoms. The van der Waals surface area contributed by atoms with Gasteiger partial charge in [-0.05, 0) is 37.5 Å². The van der Waals surface area contributed by atoms with Gasteiger partial charge in [-0.2, -0.15) is 0 Å². The van der Waals surface area contributed by atoms with Crippen molar-refractivity contribution in [3.05, 3.63) is 24.3 Å². The Hall–Kier alpha value is -0.520. The molecular formula is C10H14. The van der Waals surface area contributed by atoms with Gasteiger partial charge < -0.3 is 0 Å². The number of allylic oxidation sites excluding steroid dienone is 4. The Bertz CT molecular complexity index is 176. The number of rotatable bonds is 1. The van der Waals surface area contributed by atoms with Crippen LogP contribution in [0.4, 0.5) is 0 Å². The second kappa shape index (κ2) is 2.26. The fourth-order valence-electron chi connectivity index (χ4n) is 2.29. The maximum atomic E-state index is 2.40. The maximum absolute atomic E-state index is 2.40. The summed E-state index contributed by atoms with van der Waals surface area (Å²) in [7, 11) is 0. The van der Waals surface area contributed by atoms with Gasteiger partial charge in [0.25, 0.3) is 0 Å². The van der Waals surface area contributed by atoms with Crippen molar-refractivity contribution >= 4 is 0 Å². The van der Waals surface area contributed by atoms with E-state index in [9.17, 15) is 0 Å². The first-order chi connectivity index (χ1) is 4.90. The lowest BCUT2D eigenvalue weighted by Crippen LogP contribution is -2.02. The first-order valence-corrected chi connectivity index (χ1v) is 4.21. The minimum Gasteiger partial charge on any atom is -0.0914 e. The molecule has 3 unspecified atom stereocenters. The molecule has 3 atom stereocenters. The van der Waals surface area contributed by atoms with Crippen LogP contribution in [0.5, 0.6) is 0 Å². The largest absolute Gasteiger partial charge is 0.0914 e. The lowest BCUT2D eigenvalue weighted by Gasteiger charge is -2.12. The van der Waals surface area contributed by atoms with Crippen LogP contribution in [0.15, 0.2) is 24.3 Å². The van der Waals surface area contributed by atoms with E-state index in [-0.39, 0.29) is 0 Å². The third-order valence-electron chi connectivity index (χ3n) is 2.77. The van der Waals surface area contributed by atoms with Gasteiger partial charge in [-0.25, -0.2) is 0 Å². The first kappa shape index (κ1) is 6.21. The van der Waals surface area contributed by atoms with E-state index in [4.69, 9.17) is 0 Å². The van der Waals surface area contributed by atoms with Crippen LogP contribution in [0.1, 0.15) is 19.8 Å². The monoisotopic (exact) mass is 134 g/mol. The normalized spacial score (nSPS) is 43.9. The molecule has 1 saturated carbocycles. The topological polar surface area (TPSA) is 0 Å². The minimum absolute atomic E-state index is 0.875. The first-order valence-electron chi connectivity index (χ1n) is 4.21.